The minimum Gasteiger partial charge on any atom is -0.374 e. The van der Waals surface area contributed by atoms with Crippen LogP contribution in [0.25, 0.3) is 0 Å². The normalized spacial score (nSPS) is 56.4. The van der Waals surface area contributed by atoms with Crippen molar-refractivity contribution in [3.05, 3.63) is 0 Å². The average molecular weight is 634 g/mol. The van der Waals surface area contributed by atoms with Crippen molar-refractivity contribution in [1.29, 1.82) is 0 Å². The van der Waals surface area contributed by atoms with Crippen molar-refractivity contribution < 1.29 is 4.74 Å². The second kappa shape index (κ2) is 12.5. The maximum Gasteiger partial charge on any atom is 0.0652 e. The fraction of sp³-hybridized carbons (Fsp3) is 1.00. The van der Waals surface area contributed by atoms with Gasteiger partial charge in [-0.1, -0.05) is 64.2 Å². The highest BCUT2D eigenvalue weighted by molar-refractivity contribution is 8.00. The van der Waals surface area contributed by atoms with Crippen LogP contribution < -0.4 is 0 Å². The molecular formula is C42H67NOS. The summed E-state index contributed by atoms with van der Waals surface area (Å²) in [5.74, 6) is 9.88. The van der Waals surface area contributed by atoms with Gasteiger partial charge in [-0.3, -0.25) is 4.90 Å². The number of ether oxygens (including phenoxy) is 1. The van der Waals surface area contributed by atoms with Crippen molar-refractivity contribution in [2.45, 2.75) is 201 Å². The lowest BCUT2D eigenvalue weighted by Crippen LogP contribution is -2.48. The largest absolute Gasteiger partial charge is 0.374 e. The molecule has 0 aromatic carbocycles. The highest BCUT2D eigenvalue weighted by atomic mass is 32.2. The molecule has 3 aliphatic heterocycles. The van der Waals surface area contributed by atoms with Crippen LogP contribution in [0.15, 0.2) is 0 Å². The number of rotatable bonds is 3. The van der Waals surface area contributed by atoms with Crippen molar-refractivity contribution in [3.8, 4) is 0 Å². The molecule has 7 saturated carbocycles. The summed E-state index contributed by atoms with van der Waals surface area (Å²) in [6.07, 6.45) is 39.6. The van der Waals surface area contributed by atoms with Gasteiger partial charge in [0.1, 0.15) is 0 Å². The molecule has 0 radical (unpaired) electrons. The molecule has 3 heteroatoms. The van der Waals surface area contributed by atoms with Crippen LogP contribution in [0.2, 0.25) is 0 Å². The first-order valence-corrected chi connectivity index (χ1v) is 22.3. The van der Waals surface area contributed by atoms with Gasteiger partial charge >= 0.3 is 0 Å². The Hall–Kier alpha value is 0.270. The molecule has 0 aromatic heterocycles. The molecule has 15 unspecified atom stereocenters. The van der Waals surface area contributed by atoms with Crippen LogP contribution in [0, 0.1) is 59.2 Å². The number of likely N-dealkylation sites (tertiary alicyclic amines) is 1. The van der Waals surface area contributed by atoms with E-state index in [1.807, 2.05) is 0 Å². The Morgan fingerprint density at radius 3 is 1.82 bits per heavy atom. The predicted octanol–water partition coefficient (Wildman–Crippen LogP) is 10.7. The zero-order valence-electron chi connectivity index (χ0n) is 28.8. The van der Waals surface area contributed by atoms with Gasteiger partial charge in [0, 0.05) is 34.5 Å². The second-order valence-electron chi connectivity index (χ2n) is 19.0. The number of nitrogens with zero attached hydrogens (tertiary/aromatic N) is 1. The highest BCUT2D eigenvalue weighted by Gasteiger charge is 2.60. The smallest absolute Gasteiger partial charge is 0.0652 e. The third-order valence-corrected chi connectivity index (χ3v) is 19.3. The maximum atomic E-state index is 7.52. The third-order valence-electron chi connectivity index (χ3n) is 17.5. The Morgan fingerprint density at radius 1 is 0.400 bits per heavy atom. The predicted molar refractivity (Wildman–Crippen MR) is 187 cm³/mol. The van der Waals surface area contributed by atoms with E-state index < -0.39 is 0 Å². The molecule has 10 aliphatic rings. The lowest BCUT2D eigenvalue weighted by Gasteiger charge is -2.47. The molecule has 10 rings (SSSR count). The van der Waals surface area contributed by atoms with Crippen LogP contribution >= 0.6 is 11.8 Å². The molecular weight excluding hydrogens is 567 g/mol. The van der Waals surface area contributed by atoms with Crippen LogP contribution in [0.4, 0.5) is 0 Å². The molecule has 0 amide bonds. The lowest BCUT2D eigenvalue weighted by molar-refractivity contribution is -0.0767. The summed E-state index contributed by atoms with van der Waals surface area (Å²) in [7, 11) is 0. The molecule has 10 fully saturated rings. The van der Waals surface area contributed by atoms with Gasteiger partial charge in [-0.15, -0.1) is 0 Å². The standard InChI is InChI=1S/C42H67NOS/c1-4-16-36-31(11-1)32-12-2-5-17-37(32)43(36)29-21-19-26(20-22-29)27-9-7-10-28(25-27)30-14-8-15-33-34-23-24-39-40(42(34)44-41(30)33)35-13-3-6-18-38(35)45-39/h26-42H,1-25H2. The van der Waals surface area contributed by atoms with E-state index >= 15 is 0 Å². The Labute approximate surface area is 281 Å². The van der Waals surface area contributed by atoms with E-state index in [2.05, 4.69) is 16.7 Å². The number of thioether (sulfide) groups is 1. The van der Waals surface area contributed by atoms with Gasteiger partial charge in [0.2, 0.25) is 0 Å². The van der Waals surface area contributed by atoms with E-state index in [-0.39, 0.29) is 0 Å². The van der Waals surface area contributed by atoms with Crippen molar-refractivity contribution in [3.63, 3.8) is 0 Å². The van der Waals surface area contributed by atoms with Gasteiger partial charge in [-0.05, 0) is 150 Å². The van der Waals surface area contributed by atoms with Crippen LogP contribution in [-0.2, 0) is 4.74 Å². The molecule has 15 atom stereocenters. The van der Waals surface area contributed by atoms with E-state index in [1.54, 1.807) is 51.4 Å². The number of hydrogen-bond acceptors (Lipinski definition) is 3. The van der Waals surface area contributed by atoms with Crippen LogP contribution in [0.1, 0.15) is 161 Å². The van der Waals surface area contributed by atoms with E-state index in [9.17, 15) is 0 Å². The number of fused-ring (bicyclic) bond motifs is 10. The highest BCUT2D eigenvalue weighted by Crippen LogP contribution is 2.62. The van der Waals surface area contributed by atoms with Crippen molar-refractivity contribution >= 4 is 11.8 Å². The van der Waals surface area contributed by atoms with Gasteiger partial charge in [-0.25, -0.2) is 0 Å². The molecule has 0 spiro atoms. The first-order chi connectivity index (χ1) is 22.3. The van der Waals surface area contributed by atoms with Gasteiger partial charge in [0.05, 0.1) is 12.2 Å². The van der Waals surface area contributed by atoms with E-state index in [1.165, 1.54) is 109 Å². The van der Waals surface area contributed by atoms with Crippen molar-refractivity contribution in [2.75, 3.05) is 0 Å². The molecule has 252 valence electrons. The van der Waals surface area contributed by atoms with Crippen LogP contribution in [-0.4, -0.2) is 45.7 Å². The average Bonchev–Trinajstić information content (AvgIpc) is 3.78. The molecule has 3 heterocycles. The lowest BCUT2D eigenvalue weighted by atomic mass is 9.60. The summed E-state index contributed by atoms with van der Waals surface area (Å²) in [6, 6.07) is 2.89. The Kier molecular flexibility index (Phi) is 8.40. The van der Waals surface area contributed by atoms with Crippen molar-refractivity contribution in [2.24, 2.45) is 59.2 Å². The maximum absolute atomic E-state index is 7.52. The monoisotopic (exact) mass is 633 g/mol. The number of hydrogen-bond donors (Lipinski definition) is 0. The molecule has 7 aliphatic carbocycles. The first kappa shape index (κ1) is 30.1. The quantitative estimate of drug-likeness (QED) is 0.307. The van der Waals surface area contributed by atoms with Gasteiger partial charge < -0.3 is 4.74 Å². The molecule has 0 aromatic rings. The molecule has 45 heavy (non-hydrogen) atoms. The topological polar surface area (TPSA) is 12.5 Å². The summed E-state index contributed by atoms with van der Waals surface area (Å²) < 4.78 is 7.52. The minimum absolute atomic E-state index is 0.640. The fourth-order valence-corrected chi connectivity index (χ4v) is 17.9. The van der Waals surface area contributed by atoms with E-state index in [0.717, 1.165) is 87.8 Å². The molecule has 2 nitrogen and oxygen atoms in total. The molecule has 0 bridgehead atoms. The zero-order chi connectivity index (χ0) is 29.5. The summed E-state index contributed by atoms with van der Waals surface area (Å²) in [4.78, 5) is 3.25. The SMILES string of the molecule is C1CC(C2CCC(N3C4CCCCC4C4CCCCC43)CC2)CC(C2CCCC3C4CCC5SC6CCCCC6C5C4OC23)C1. The van der Waals surface area contributed by atoms with Gasteiger partial charge in [0.15, 0.2) is 0 Å². The Balaban J connectivity index is 0.795. The third kappa shape index (κ3) is 5.12. The minimum atomic E-state index is 0.640. The van der Waals surface area contributed by atoms with Crippen LogP contribution in [0.3, 0.4) is 0 Å². The fourth-order valence-electron chi connectivity index (χ4n) is 15.8. The summed E-state index contributed by atoms with van der Waals surface area (Å²) >= 11 is 2.44. The van der Waals surface area contributed by atoms with Gasteiger partial charge in [-0.2, -0.15) is 11.8 Å². The van der Waals surface area contributed by atoms with Crippen LogP contribution in [0.5, 0.6) is 0 Å². The Morgan fingerprint density at radius 2 is 1.02 bits per heavy atom. The first-order valence-electron chi connectivity index (χ1n) is 21.4. The second-order valence-corrected chi connectivity index (χ2v) is 20.5. The summed E-state index contributed by atoms with van der Waals surface area (Å²) in [5, 5.41) is 1.93. The zero-order valence-corrected chi connectivity index (χ0v) is 29.6. The van der Waals surface area contributed by atoms with Gasteiger partial charge in [0.25, 0.3) is 0 Å². The summed E-state index contributed by atoms with van der Waals surface area (Å²) in [6.45, 7) is 0. The molecule has 0 N–H and O–H groups in total. The molecule has 3 saturated heterocycles. The van der Waals surface area contributed by atoms with E-state index in [4.69, 9.17) is 4.74 Å². The van der Waals surface area contributed by atoms with E-state index in [0.29, 0.717) is 12.2 Å². The Bertz CT molecular complexity index is 1020. The summed E-state index contributed by atoms with van der Waals surface area (Å²) in [5.41, 5.74) is 0. The van der Waals surface area contributed by atoms with Crippen molar-refractivity contribution in [1.82, 2.24) is 4.90 Å².